The lowest BCUT2D eigenvalue weighted by atomic mass is 9.87. The molecule has 0 aliphatic carbocycles. The van der Waals surface area contributed by atoms with Crippen molar-refractivity contribution in [1.82, 2.24) is 9.80 Å². The highest BCUT2D eigenvalue weighted by Gasteiger charge is 2.40. The average Bonchev–Trinajstić information content (AvgIpc) is 2.52. The standard InChI is InChI=1S/C19H36N2O2/c1-6-15-13-17(20-11-9-8-10-12-20)14-16(7-2)21(15)18(22)23-19(3,4)5/h15-17H,6-14H2,1-5H3. The Balaban J connectivity index is 2.09. The molecule has 0 aromatic carbocycles. The van der Waals surface area contributed by atoms with Crippen molar-refractivity contribution < 1.29 is 9.53 Å². The highest BCUT2D eigenvalue weighted by Crippen LogP contribution is 2.32. The van der Waals surface area contributed by atoms with E-state index in [1.165, 1.54) is 32.4 Å². The maximum Gasteiger partial charge on any atom is 0.410 e. The number of nitrogens with zero attached hydrogens (tertiary/aromatic N) is 2. The van der Waals surface area contributed by atoms with E-state index < -0.39 is 5.60 Å². The molecule has 2 aliphatic heterocycles. The van der Waals surface area contributed by atoms with Crippen molar-refractivity contribution in [1.29, 1.82) is 0 Å². The Bertz CT molecular complexity index is 371. The van der Waals surface area contributed by atoms with Gasteiger partial charge in [0.2, 0.25) is 0 Å². The molecule has 0 radical (unpaired) electrons. The van der Waals surface area contributed by atoms with Crippen LogP contribution in [0, 0.1) is 0 Å². The van der Waals surface area contributed by atoms with E-state index in [2.05, 4.69) is 23.6 Å². The van der Waals surface area contributed by atoms with E-state index in [0.29, 0.717) is 18.1 Å². The van der Waals surface area contributed by atoms with E-state index in [4.69, 9.17) is 4.74 Å². The van der Waals surface area contributed by atoms with Gasteiger partial charge in [0.15, 0.2) is 0 Å². The molecule has 2 heterocycles. The van der Waals surface area contributed by atoms with E-state index >= 15 is 0 Å². The minimum atomic E-state index is -0.419. The van der Waals surface area contributed by atoms with Gasteiger partial charge in [0, 0.05) is 18.1 Å². The molecule has 0 spiro atoms. The van der Waals surface area contributed by atoms with Gasteiger partial charge < -0.3 is 14.5 Å². The molecule has 0 saturated carbocycles. The van der Waals surface area contributed by atoms with Gasteiger partial charge in [-0.05, 0) is 72.4 Å². The Kier molecular flexibility index (Phi) is 6.35. The van der Waals surface area contributed by atoms with Crippen molar-refractivity contribution in [2.75, 3.05) is 13.1 Å². The first kappa shape index (κ1) is 18.6. The molecule has 4 nitrogen and oxygen atoms in total. The summed E-state index contributed by atoms with van der Waals surface area (Å²) < 4.78 is 5.70. The second-order valence-corrected chi connectivity index (χ2v) is 8.23. The lowest BCUT2D eigenvalue weighted by molar-refractivity contribution is -0.0246. The summed E-state index contributed by atoms with van der Waals surface area (Å²) in [6, 6.07) is 1.27. The summed E-state index contributed by atoms with van der Waals surface area (Å²) in [5.74, 6) is 0. The minimum Gasteiger partial charge on any atom is -0.444 e. The van der Waals surface area contributed by atoms with Gasteiger partial charge in [0.05, 0.1) is 0 Å². The molecule has 2 saturated heterocycles. The third-order valence-corrected chi connectivity index (χ3v) is 5.33. The first-order chi connectivity index (χ1) is 10.9. The lowest BCUT2D eigenvalue weighted by Crippen LogP contribution is -2.58. The predicted octanol–water partition coefficient (Wildman–Crippen LogP) is 4.43. The number of hydrogen-bond donors (Lipinski definition) is 0. The number of carbonyl (C=O) groups is 1. The smallest absolute Gasteiger partial charge is 0.410 e. The zero-order chi connectivity index (χ0) is 17.0. The van der Waals surface area contributed by atoms with Gasteiger partial charge in [-0.2, -0.15) is 0 Å². The molecule has 0 N–H and O–H groups in total. The Morgan fingerprint density at radius 1 is 1.00 bits per heavy atom. The van der Waals surface area contributed by atoms with Crippen LogP contribution in [0.3, 0.4) is 0 Å². The fourth-order valence-corrected chi connectivity index (χ4v) is 4.17. The maximum absolute atomic E-state index is 12.7. The van der Waals surface area contributed by atoms with Gasteiger partial charge in [-0.1, -0.05) is 20.3 Å². The van der Waals surface area contributed by atoms with E-state index in [9.17, 15) is 4.79 Å². The Morgan fingerprint density at radius 3 is 1.96 bits per heavy atom. The molecule has 0 aromatic heterocycles. The van der Waals surface area contributed by atoms with Crippen LogP contribution in [-0.2, 0) is 4.74 Å². The maximum atomic E-state index is 12.7. The predicted molar refractivity (Wildman–Crippen MR) is 94.7 cm³/mol. The summed E-state index contributed by atoms with van der Waals surface area (Å²) in [5, 5.41) is 0. The van der Waals surface area contributed by atoms with Crippen LogP contribution in [0.1, 0.15) is 79.6 Å². The third-order valence-electron chi connectivity index (χ3n) is 5.33. The van der Waals surface area contributed by atoms with Crippen molar-refractivity contribution in [3.8, 4) is 0 Å². The molecule has 4 heteroatoms. The van der Waals surface area contributed by atoms with Crippen molar-refractivity contribution in [3.63, 3.8) is 0 Å². The van der Waals surface area contributed by atoms with Gasteiger partial charge in [-0.25, -0.2) is 4.79 Å². The molecule has 23 heavy (non-hydrogen) atoms. The monoisotopic (exact) mass is 324 g/mol. The summed E-state index contributed by atoms with van der Waals surface area (Å²) in [7, 11) is 0. The zero-order valence-corrected chi connectivity index (χ0v) is 15.8. The van der Waals surface area contributed by atoms with Crippen LogP contribution in [-0.4, -0.2) is 52.7 Å². The van der Waals surface area contributed by atoms with Crippen LogP contribution in [0.2, 0.25) is 0 Å². The van der Waals surface area contributed by atoms with Crippen LogP contribution in [0.15, 0.2) is 0 Å². The Labute approximate surface area is 142 Å². The van der Waals surface area contributed by atoms with Crippen LogP contribution in [0.4, 0.5) is 4.79 Å². The number of carbonyl (C=O) groups excluding carboxylic acids is 1. The van der Waals surface area contributed by atoms with E-state index in [-0.39, 0.29) is 6.09 Å². The molecule has 2 atom stereocenters. The number of likely N-dealkylation sites (tertiary alicyclic amines) is 2. The first-order valence-electron chi connectivity index (χ1n) is 9.61. The Hall–Kier alpha value is -0.770. The Morgan fingerprint density at radius 2 is 1.52 bits per heavy atom. The fourth-order valence-electron chi connectivity index (χ4n) is 4.17. The molecule has 2 aliphatic rings. The minimum absolute atomic E-state index is 0.117. The van der Waals surface area contributed by atoms with Crippen molar-refractivity contribution in [3.05, 3.63) is 0 Å². The van der Waals surface area contributed by atoms with Gasteiger partial charge in [0.25, 0.3) is 0 Å². The summed E-state index contributed by atoms with van der Waals surface area (Å²) in [5.41, 5.74) is -0.419. The number of ether oxygens (including phenoxy) is 1. The summed E-state index contributed by atoms with van der Waals surface area (Å²) in [6.07, 6.45) is 8.16. The van der Waals surface area contributed by atoms with Crippen LogP contribution >= 0.6 is 0 Å². The number of rotatable bonds is 3. The third kappa shape index (κ3) is 4.85. The quantitative estimate of drug-likeness (QED) is 0.770. The van der Waals surface area contributed by atoms with Crippen LogP contribution in [0.25, 0.3) is 0 Å². The van der Waals surface area contributed by atoms with Gasteiger partial charge in [-0.15, -0.1) is 0 Å². The van der Waals surface area contributed by atoms with Gasteiger partial charge in [0.1, 0.15) is 5.60 Å². The lowest BCUT2D eigenvalue weighted by Gasteiger charge is -2.48. The molecular weight excluding hydrogens is 288 g/mol. The van der Waals surface area contributed by atoms with Crippen molar-refractivity contribution in [2.45, 2.75) is 103 Å². The van der Waals surface area contributed by atoms with Crippen molar-refractivity contribution >= 4 is 6.09 Å². The second kappa shape index (κ2) is 7.87. The van der Waals surface area contributed by atoms with E-state index in [1.54, 1.807) is 0 Å². The summed E-state index contributed by atoms with van der Waals surface area (Å²) in [6.45, 7) is 12.7. The molecule has 0 aromatic rings. The summed E-state index contributed by atoms with van der Waals surface area (Å²) in [4.78, 5) is 17.5. The molecule has 134 valence electrons. The highest BCUT2D eigenvalue weighted by molar-refractivity contribution is 5.69. The van der Waals surface area contributed by atoms with Crippen LogP contribution in [0.5, 0.6) is 0 Å². The highest BCUT2D eigenvalue weighted by atomic mass is 16.6. The topological polar surface area (TPSA) is 32.8 Å². The normalized spacial score (nSPS) is 30.3. The molecule has 0 bridgehead atoms. The number of amides is 1. The first-order valence-corrected chi connectivity index (χ1v) is 9.61. The number of piperidine rings is 2. The van der Waals surface area contributed by atoms with Gasteiger partial charge in [-0.3, -0.25) is 0 Å². The van der Waals surface area contributed by atoms with Crippen molar-refractivity contribution in [2.24, 2.45) is 0 Å². The fraction of sp³-hybridized carbons (Fsp3) is 0.947. The molecule has 2 rings (SSSR count). The van der Waals surface area contributed by atoms with E-state index in [1.807, 2.05) is 20.8 Å². The molecule has 1 amide bonds. The van der Waals surface area contributed by atoms with E-state index in [0.717, 1.165) is 25.7 Å². The van der Waals surface area contributed by atoms with Crippen LogP contribution < -0.4 is 0 Å². The zero-order valence-electron chi connectivity index (χ0n) is 15.8. The SMILES string of the molecule is CCC1CC(N2CCCCC2)CC(CC)N1C(=O)OC(C)(C)C. The molecule has 2 fully saturated rings. The number of hydrogen-bond acceptors (Lipinski definition) is 3. The average molecular weight is 325 g/mol. The van der Waals surface area contributed by atoms with Gasteiger partial charge >= 0.3 is 6.09 Å². The molecule has 2 unspecified atom stereocenters. The largest absolute Gasteiger partial charge is 0.444 e. The molecular formula is C19H36N2O2. The summed E-state index contributed by atoms with van der Waals surface area (Å²) >= 11 is 0. The second-order valence-electron chi connectivity index (χ2n) is 8.23.